The second kappa shape index (κ2) is 10.8. The summed E-state index contributed by atoms with van der Waals surface area (Å²) in [5, 5.41) is 2.87. The van der Waals surface area contributed by atoms with Crippen LogP contribution in [0.2, 0.25) is 0 Å². The van der Waals surface area contributed by atoms with Gasteiger partial charge in [-0.15, -0.1) is 0 Å². The molecule has 3 aromatic carbocycles. The molecule has 1 aliphatic heterocycles. The molecule has 0 spiro atoms. The fourth-order valence-electron chi connectivity index (χ4n) is 3.91. The minimum absolute atomic E-state index is 0.124. The van der Waals surface area contributed by atoms with Crippen molar-refractivity contribution in [2.45, 2.75) is 18.4 Å². The maximum Gasteiger partial charge on any atom is 0.243 e. The molecule has 0 aliphatic carbocycles. The average Bonchev–Trinajstić information content (AvgIpc) is 2.85. The molecule has 3 aromatic rings. The van der Waals surface area contributed by atoms with Crippen LogP contribution in [-0.2, 0) is 26.1 Å². The Morgan fingerprint density at radius 3 is 2.44 bits per heavy atom. The number of anilines is 2. The molecule has 0 atom stereocenters. The molecule has 178 valence electrons. The van der Waals surface area contributed by atoms with Gasteiger partial charge in [0.1, 0.15) is 0 Å². The Hall–Kier alpha value is -3.20. The fourth-order valence-corrected chi connectivity index (χ4v) is 5.37. The zero-order valence-corrected chi connectivity index (χ0v) is 20.0. The van der Waals surface area contributed by atoms with E-state index in [9.17, 15) is 13.2 Å². The number of amides is 1. The summed E-state index contributed by atoms with van der Waals surface area (Å²) in [6.45, 7) is 4.12. The van der Waals surface area contributed by atoms with Gasteiger partial charge in [0.05, 0.1) is 24.7 Å². The molecule has 7 nitrogen and oxygen atoms in total. The Balaban J connectivity index is 1.50. The number of aryl methyl sites for hydroxylation is 1. The predicted molar refractivity (Wildman–Crippen MR) is 133 cm³/mol. The fraction of sp³-hybridized carbons (Fsp3) is 0.269. The standard InChI is InChI=1S/C26H29N3O4S/c1-21-7-5-11-24(17-21)28(19-22-8-3-2-4-9-22)20-26(30)27-23-10-6-12-25(18-23)34(31,32)29-13-15-33-16-14-29/h2-12,17-18H,13-16,19-20H2,1H3,(H,27,30). The van der Waals surface area contributed by atoms with E-state index in [1.54, 1.807) is 18.2 Å². The number of benzene rings is 3. The van der Waals surface area contributed by atoms with E-state index in [1.165, 1.54) is 10.4 Å². The van der Waals surface area contributed by atoms with Gasteiger partial charge < -0.3 is 15.0 Å². The third-order valence-electron chi connectivity index (χ3n) is 5.64. The molecule has 1 fully saturated rings. The third-order valence-corrected chi connectivity index (χ3v) is 7.54. The first-order valence-corrected chi connectivity index (χ1v) is 12.7. The molecule has 34 heavy (non-hydrogen) atoms. The van der Waals surface area contributed by atoms with Crippen LogP contribution in [0.5, 0.6) is 0 Å². The first-order valence-electron chi connectivity index (χ1n) is 11.3. The van der Waals surface area contributed by atoms with Crippen LogP contribution in [0.3, 0.4) is 0 Å². The largest absolute Gasteiger partial charge is 0.379 e. The molecule has 4 rings (SSSR count). The number of morpholine rings is 1. The maximum atomic E-state index is 13.0. The van der Waals surface area contributed by atoms with E-state index in [4.69, 9.17) is 4.74 Å². The lowest BCUT2D eigenvalue weighted by Crippen LogP contribution is -2.40. The smallest absolute Gasteiger partial charge is 0.243 e. The normalized spacial score (nSPS) is 14.5. The van der Waals surface area contributed by atoms with E-state index >= 15 is 0 Å². The number of hydrogen-bond donors (Lipinski definition) is 1. The Kier molecular flexibility index (Phi) is 7.62. The molecule has 0 radical (unpaired) electrons. The monoisotopic (exact) mass is 479 g/mol. The molecule has 1 saturated heterocycles. The quantitative estimate of drug-likeness (QED) is 0.534. The summed E-state index contributed by atoms with van der Waals surface area (Å²) in [4.78, 5) is 15.2. The maximum absolute atomic E-state index is 13.0. The first-order chi connectivity index (χ1) is 16.4. The highest BCUT2D eigenvalue weighted by Gasteiger charge is 2.26. The van der Waals surface area contributed by atoms with Crippen LogP contribution >= 0.6 is 0 Å². The van der Waals surface area contributed by atoms with Crippen molar-refractivity contribution < 1.29 is 17.9 Å². The summed E-state index contributed by atoms with van der Waals surface area (Å²) in [6, 6.07) is 24.4. The molecule has 8 heteroatoms. The molecule has 1 N–H and O–H groups in total. The Morgan fingerprint density at radius 1 is 0.971 bits per heavy atom. The summed E-state index contributed by atoms with van der Waals surface area (Å²) >= 11 is 0. The van der Waals surface area contributed by atoms with Gasteiger partial charge in [-0.1, -0.05) is 48.5 Å². The highest BCUT2D eigenvalue weighted by molar-refractivity contribution is 7.89. The summed E-state index contributed by atoms with van der Waals surface area (Å²) < 4.78 is 32.6. The highest BCUT2D eigenvalue weighted by Crippen LogP contribution is 2.22. The van der Waals surface area contributed by atoms with Gasteiger partial charge in [-0.2, -0.15) is 4.31 Å². The highest BCUT2D eigenvalue weighted by atomic mass is 32.2. The molecule has 0 unspecified atom stereocenters. The third kappa shape index (κ3) is 6.02. The zero-order chi connectivity index (χ0) is 24.0. The van der Waals surface area contributed by atoms with Crippen LogP contribution in [0.4, 0.5) is 11.4 Å². The van der Waals surface area contributed by atoms with Gasteiger partial charge in [-0.25, -0.2) is 8.42 Å². The van der Waals surface area contributed by atoms with E-state index in [1.807, 2.05) is 66.4 Å². The van der Waals surface area contributed by atoms with Gasteiger partial charge >= 0.3 is 0 Å². The number of nitrogens with zero attached hydrogens (tertiary/aromatic N) is 2. The lowest BCUT2D eigenvalue weighted by atomic mass is 10.1. The zero-order valence-electron chi connectivity index (χ0n) is 19.2. The molecular weight excluding hydrogens is 450 g/mol. The summed E-state index contributed by atoms with van der Waals surface area (Å²) in [5.74, 6) is -0.224. The van der Waals surface area contributed by atoms with Crippen LogP contribution < -0.4 is 10.2 Å². The molecular formula is C26H29N3O4S. The van der Waals surface area contributed by atoms with Gasteiger partial charge in [-0.3, -0.25) is 4.79 Å². The lowest BCUT2D eigenvalue weighted by Gasteiger charge is -2.26. The number of carbonyl (C=O) groups excluding carboxylic acids is 1. The summed E-state index contributed by atoms with van der Waals surface area (Å²) in [6.07, 6.45) is 0. The molecule has 0 saturated carbocycles. The van der Waals surface area contributed by atoms with E-state index in [0.717, 1.165) is 16.8 Å². The minimum Gasteiger partial charge on any atom is -0.379 e. The molecule has 1 aliphatic rings. The van der Waals surface area contributed by atoms with Gasteiger partial charge in [0.2, 0.25) is 15.9 Å². The second-order valence-corrected chi connectivity index (χ2v) is 10.2. The predicted octanol–water partition coefficient (Wildman–Crippen LogP) is 3.66. The molecule has 0 aromatic heterocycles. The van der Waals surface area contributed by atoms with E-state index < -0.39 is 10.0 Å². The topological polar surface area (TPSA) is 79.0 Å². The van der Waals surface area contributed by atoms with Gasteiger partial charge in [0.15, 0.2) is 0 Å². The van der Waals surface area contributed by atoms with E-state index in [-0.39, 0.29) is 17.3 Å². The Bertz CT molecular complexity index is 1230. The number of rotatable bonds is 8. The molecule has 0 bridgehead atoms. The van der Waals surface area contributed by atoms with Crippen molar-refractivity contribution in [1.29, 1.82) is 0 Å². The SMILES string of the molecule is Cc1cccc(N(CC(=O)Nc2cccc(S(=O)(=O)N3CCOCC3)c2)Cc2ccccc2)c1. The van der Waals surface area contributed by atoms with Crippen LogP contribution in [0.15, 0.2) is 83.8 Å². The minimum atomic E-state index is -3.64. The Labute approximate surface area is 201 Å². The van der Waals surface area contributed by atoms with Crippen LogP contribution in [0.25, 0.3) is 0 Å². The van der Waals surface area contributed by atoms with Crippen molar-refractivity contribution in [3.8, 4) is 0 Å². The number of ether oxygens (including phenoxy) is 1. The van der Waals surface area contributed by atoms with Crippen molar-refractivity contribution in [2.24, 2.45) is 0 Å². The van der Waals surface area contributed by atoms with Crippen molar-refractivity contribution in [1.82, 2.24) is 4.31 Å². The van der Waals surface area contributed by atoms with Crippen molar-refractivity contribution in [3.63, 3.8) is 0 Å². The number of carbonyl (C=O) groups is 1. The van der Waals surface area contributed by atoms with Gasteiger partial charge in [0, 0.05) is 31.0 Å². The molecule has 1 heterocycles. The summed E-state index contributed by atoms with van der Waals surface area (Å²) in [5.41, 5.74) is 3.60. The second-order valence-electron chi connectivity index (χ2n) is 8.27. The van der Waals surface area contributed by atoms with Crippen LogP contribution in [0.1, 0.15) is 11.1 Å². The van der Waals surface area contributed by atoms with Crippen LogP contribution in [0, 0.1) is 6.92 Å². The van der Waals surface area contributed by atoms with E-state index in [2.05, 4.69) is 5.32 Å². The van der Waals surface area contributed by atoms with Gasteiger partial charge in [0.25, 0.3) is 0 Å². The van der Waals surface area contributed by atoms with Gasteiger partial charge in [-0.05, 0) is 48.4 Å². The molecule has 1 amide bonds. The summed E-state index contributed by atoms with van der Waals surface area (Å²) in [7, 11) is -3.64. The Morgan fingerprint density at radius 2 is 1.71 bits per heavy atom. The van der Waals surface area contributed by atoms with Crippen LogP contribution in [-0.4, -0.2) is 51.5 Å². The lowest BCUT2D eigenvalue weighted by molar-refractivity contribution is -0.115. The van der Waals surface area contributed by atoms with Crippen molar-refractivity contribution >= 4 is 27.3 Å². The number of hydrogen-bond acceptors (Lipinski definition) is 5. The number of sulfonamides is 1. The average molecular weight is 480 g/mol. The van der Waals surface area contributed by atoms with E-state index in [0.29, 0.717) is 38.5 Å². The first kappa shape index (κ1) is 23.9. The number of nitrogens with one attached hydrogen (secondary N) is 1. The van der Waals surface area contributed by atoms with Crippen molar-refractivity contribution in [2.75, 3.05) is 43.1 Å². The van der Waals surface area contributed by atoms with Crippen molar-refractivity contribution in [3.05, 3.63) is 90.0 Å².